The summed E-state index contributed by atoms with van der Waals surface area (Å²) in [5.74, 6) is -1.94. The van der Waals surface area contributed by atoms with E-state index in [1.165, 1.54) is 0 Å². The molecule has 0 saturated heterocycles. The zero-order chi connectivity index (χ0) is 9.35. The van der Waals surface area contributed by atoms with E-state index >= 15 is 0 Å². The number of halogens is 3. The topological polar surface area (TPSA) is 30.2 Å². The molecule has 0 unspecified atom stereocenters. The van der Waals surface area contributed by atoms with Crippen molar-refractivity contribution in [2.45, 2.75) is 13.1 Å². The Hall–Kier alpha value is -1.26. The molecule has 0 aromatic carbocycles. The van der Waals surface area contributed by atoms with E-state index in [0.717, 1.165) is 19.1 Å². The normalized spacial score (nSPS) is 11.7. The van der Waals surface area contributed by atoms with Crippen molar-refractivity contribution >= 4 is 5.78 Å². The highest BCUT2D eigenvalue weighted by Gasteiger charge is 2.35. The number of ketones is 1. The van der Waals surface area contributed by atoms with Crippen molar-refractivity contribution in [3.8, 4) is 0 Å². The van der Waals surface area contributed by atoms with Gasteiger partial charge in [-0.05, 0) is 12.1 Å². The van der Waals surface area contributed by atoms with Crippen LogP contribution in [0.4, 0.5) is 13.2 Å². The second-order valence-corrected chi connectivity index (χ2v) is 2.22. The monoisotopic (exact) mass is 178 g/mol. The number of alkyl halides is 3. The largest absolute Gasteiger partial charge is 0.449 e. The van der Waals surface area contributed by atoms with E-state index in [2.05, 4.69) is 4.42 Å². The van der Waals surface area contributed by atoms with Crippen molar-refractivity contribution in [2.24, 2.45) is 0 Å². The Morgan fingerprint density at radius 2 is 2.00 bits per heavy atom. The van der Waals surface area contributed by atoms with E-state index in [9.17, 15) is 18.0 Å². The Morgan fingerprint density at radius 1 is 1.42 bits per heavy atom. The lowest BCUT2D eigenvalue weighted by atomic mass is 10.3. The summed E-state index contributed by atoms with van der Waals surface area (Å²) in [6.45, 7) is 1.14. The molecule has 0 fully saturated rings. The van der Waals surface area contributed by atoms with Crippen molar-refractivity contribution < 1.29 is 22.4 Å². The molecule has 2 nitrogen and oxygen atoms in total. The van der Waals surface area contributed by atoms with Gasteiger partial charge in [0.25, 0.3) is 0 Å². The Morgan fingerprint density at radius 3 is 2.25 bits per heavy atom. The van der Waals surface area contributed by atoms with Gasteiger partial charge in [0, 0.05) is 6.92 Å². The molecule has 0 radical (unpaired) electrons. The number of carbonyl (C=O) groups excluding carboxylic acids is 1. The quantitative estimate of drug-likeness (QED) is 0.618. The van der Waals surface area contributed by atoms with E-state index in [0.29, 0.717) is 0 Å². The molecule has 0 aliphatic rings. The van der Waals surface area contributed by atoms with Gasteiger partial charge in [-0.3, -0.25) is 4.79 Å². The third-order valence-corrected chi connectivity index (χ3v) is 1.23. The number of hydrogen-bond acceptors (Lipinski definition) is 2. The zero-order valence-electron chi connectivity index (χ0n) is 6.11. The van der Waals surface area contributed by atoms with Crippen molar-refractivity contribution in [1.29, 1.82) is 0 Å². The maximum Gasteiger partial charge on any atom is 0.449 e. The summed E-state index contributed by atoms with van der Waals surface area (Å²) in [5.41, 5.74) is 0. The minimum Gasteiger partial charge on any atom is -0.448 e. The van der Waals surface area contributed by atoms with Crippen LogP contribution < -0.4 is 0 Å². The van der Waals surface area contributed by atoms with Gasteiger partial charge >= 0.3 is 6.18 Å². The molecule has 1 aromatic heterocycles. The fraction of sp³-hybridized carbons (Fsp3) is 0.286. The summed E-state index contributed by atoms with van der Waals surface area (Å²) in [5, 5.41) is 0. The van der Waals surface area contributed by atoms with E-state index < -0.39 is 17.7 Å². The van der Waals surface area contributed by atoms with Crippen LogP contribution in [0.1, 0.15) is 23.2 Å². The molecule has 0 aliphatic heterocycles. The molecule has 66 valence electrons. The van der Waals surface area contributed by atoms with Crippen LogP contribution in [-0.2, 0) is 6.18 Å². The molecule has 1 rings (SSSR count). The van der Waals surface area contributed by atoms with Crippen LogP contribution in [0.5, 0.6) is 0 Å². The summed E-state index contributed by atoms with van der Waals surface area (Å²) in [6.07, 6.45) is -4.52. The average molecular weight is 178 g/mol. The highest BCUT2D eigenvalue weighted by molar-refractivity contribution is 5.91. The second-order valence-electron chi connectivity index (χ2n) is 2.22. The average Bonchev–Trinajstić information content (AvgIpc) is 2.30. The summed E-state index contributed by atoms with van der Waals surface area (Å²) >= 11 is 0. The van der Waals surface area contributed by atoms with Crippen LogP contribution in [0.25, 0.3) is 0 Å². The Bertz CT molecular complexity index is 298. The van der Waals surface area contributed by atoms with Crippen LogP contribution in [-0.4, -0.2) is 5.78 Å². The van der Waals surface area contributed by atoms with E-state index in [-0.39, 0.29) is 5.76 Å². The number of furan rings is 1. The smallest absolute Gasteiger partial charge is 0.448 e. The predicted octanol–water partition coefficient (Wildman–Crippen LogP) is 2.50. The molecule has 1 aromatic rings. The zero-order valence-corrected chi connectivity index (χ0v) is 6.11. The minimum atomic E-state index is -4.52. The predicted molar refractivity (Wildman–Crippen MR) is 33.7 cm³/mol. The molecular weight excluding hydrogens is 173 g/mol. The molecule has 5 heteroatoms. The first-order valence-corrected chi connectivity index (χ1v) is 3.09. The van der Waals surface area contributed by atoms with E-state index in [1.54, 1.807) is 0 Å². The number of hydrogen-bond donors (Lipinski definition) is 0. The molecule has 12 heavy (non-hydrogen) atoms. The maximum absolute atomic E-state index is 11.9. The van der Waals surface area contributed by atoms with Gasteiger partial charge in [0.15, 0.2) is 11.5 Å². The molecule has 0 bridgehead atoms. The summed E-state index contributed by atoms with van der Waals surface area (Å²) in [7, 11) is 0. The first kappa shape index (κ1) is 8.83. The van der Waals surface area contributed by atoms with Gasteiger partial charge in [-0.2, -0.15) is 13.2 Å². The summed E-state index contributed by atoms with van der Waals surface area (Å²) < 4.78 is 39.8. The molecule has 1 heterocycles. The highest BCUT2D eigenvalue weighted by atomic mass is 19.4. The van der Waals surface area contributed by atoms with Crippen molar-refractivity contribution in [2.75, 3.05) is 0 Å². The van der Waals surface area contributed by atoms with Gasteiger partial charge in [0.2, 0.25) is 5.76 Å². The fourth-order valence-corrected chi connectivity index (χ4v) is 0.679. The fourth-order valence-electron chi connectivity index (χ4n) is 0.679. The van der Waals surface area contributed by atoms with Gasteiger partial charge < -0.3 is 4.42 Å². The molecule has 0 atom stereocenters. The molecule has 0 spiro atoms. The first-order valence-electron chi connectivity index (χ1n) is 3.09. The second kappa shape index (κ2) is 2.66. The van der Waals surface area contributed by atoms with Crippen molar-refractivity contribution in [1.82, 2.24) is 0 Å². The van der Waals surface area contributed by atoms with Gasteiger partial charge in [0.05, 0.1) is 0 Å². The maximum atomic E-state index is 11.9. The van der Waals surface area contributed by atoms with Gasteiger partial charge in [-0.15, -0.1) is 0 Å². The van der Waals surface area contributed by atoms with Crippen molar-refractivity contribution in [3.63, 3.8) is 0 Å². The van der Waals surface area contributed by atoms with Crippen LogP contribution >= 0.6 is 0 Å². The SMILES string of the molecule is CC(=O)c1ccc(C(F)(F)F)o1. The molecular formula is C7H5F3O2. The highest BCUT2D eigenvalue weighted by Crippen LogP contribution is 2.30. The van der Waals surface area contributed by atoms with Crippen LogP contribution in [0.3, 0.4) is 0 Å². The molecule has 0 saturated carbocycles. The van der Waals surface area contributed by atoms with Crippen LogP contribution in [0.2, 0.25) is 0 Å². The van der Waals surface area contributed by atoms with Gasteiger partial charge in [0.1, 0.15) is 0 Å². The Balaban J connectivity index is 3.00. The van der Waals surface area contributed by atoms with E-state index in [4.69, 9.17) is 0 Å². The first-order chi connectivity index (χ1) is 5.41. The Kier molecular flexibility index (Phi) is 1.95. The van der Waals surface area contributed by atoms with Crippen LogP contribution in [0.15, 0.2) is 16.5 Å². The summed E-state index contributed by atoms with van der Waals surface area (Å²) in [6, 6.07) is 1.74. The van der Waals surface area contributed by atoms with Crippen LogP contribution in [0, 0.1) is 0 Å². The lowest BCUT2D eigenvalue weighted by Gasteiger charge is -1.99. The van der Waals surface area contributed by atoms with Crippen molar-refractivity contribution in [3.05, 3.63) is 23.7 Å². The molecule has 0 N–H and O–H groups in total. The standard InChI is InChI=1S/C7H5F3O2/c1-4(11)5-2-3-6(12-5)7(8,9)10/h2-3H,1H3. The third-order valence-electron chi connectivity index (χ3n) is 1.23. The van der Waals surface area contributed by atoms with E-state index in [1.807, 2.05) is 0 Å². The lowest BCUT2D eigenvalue weighted by Crippen LogP contribution is -2.02. The Labute approximate surface area is 66.0 Å². The number of rotatable bonds is 1. The third kappa shape index (κ3) is 1.66. The summed E-state index contributed by atoms with van der Waals surface area (Å²) in [4.78, 5) is 10.5. The molecule has 0 amide bonds. The molecule has 0 aliphatic carbocycles. The number of Topliss-reactive ketones (excluding diaryl/α,β-unsaturated/α-hetero) is 1. The number of carbonyl (C=O) groups is 1. The minimum absolute atomic E-state index is 0.276. The van der Waals surface area contributed by atoms with Gasteiger partial charge in [-0.25, -0.2) is 0 Å². The lowest BCUT2D eigenvalue weighted by molar-refractivity contribution is -0.153. The van der Waals surface area contributed by atoms with Gasteiger partial charge in [-0.1, -0.05) is 0 Å².